The van der Waals surface area contributed by atoms with E-state index in [0.717, 1.165) is 38.5 Å². The molecule has 0 spiro atoms. The van der Waals surface area contributed by atoms with Gasteiger partial charge in [0.2, 0.25) is 0 Å². The third-order valence-electron chi connectivity index (χ3n) is 2.70. The van der Waals surface area contributed by atoms with Crippen molar-refractivity contribution in [2.24, 2.45) is 0 Å². The van der Waals surface area contributed by atoms with Gasteiger partial charge < -0.3 is 9.47 Å². The van der Waals surface area contributed by atoms with E-state index in [1.807, 2.05) is 0 Å². The van der Waals surface area contributed by atoms with E-state index in [-0.39, 0.29) is 11.9 Å². The number of ether oxygens (including phenoxy) is 2. The first kappa shape index (κ1) is 19.6. The van der Waals surface area contributed by atoms with Gasteiger partial charge in [-0.15, -0.1) is 0 Å². The van der Waals surface area contributed by atoms with Crippen LogP contribution in [0.4, 0.5) is 0 Å². The number of carbonyl (C=O) groups excluding carboxylic acids is 2. The second kappa shape index (κ2) is 15.0. The van der Waals surface area contributed by atoms with Crippen molar-refractivity contribution in [3.8, 4) is 0 Å². The zero-order valence-corrected chi connectivity index (χ0v) is 13.8. The van der Waals surface area contributed by atoms with Gasteiger partial charge in [-0.3, -0.25) is 9.59 Å². The summed E-state index contributed by atoms with van der Waals surface area (Å²) in [4.78, 5) is 22.1. The van der Waals surface area contributed by atoms with Crippen LogP contribution in [-0.4, -0.2) is 36.7 Å². The molecule has 0 saturated heterocycles. The normalized spacial score (nSPS) is 10.3. The Morgan fingerprint density at radius 2 is 1.00 bits per heavy atom. The summed E-state index contributed by atoms with van der Waals surface area (Å²) in [5.74, 6) is 0.750. The van der Waals surface area contributed by atoms with E-state index >= 15 is 0 Å². The van der Waals surface area contributed by atoms with Crippen LogP contribution in [0.5, 0.6) is 0 Å². The lowest BCUT2D eigenvalue weighted by Gasteiger charge is -2.05. The topological polar surface area (TPSA) is 52.6 Å². The second-order valence-electron chi connectivity index (χ2n) is 4.51. The van der Waals surface area contributed by atoms with Gasteiger partial charge in [0.1, 0.15) is 0 Å². The molecule has 0 radical (unpaired) electrons. The Hall–Kier alpha value is -0.360. The fourth-order valence-corrected chi connectivity index (χ4v) is 1.98. The van der Waals surface area contributed by atoms with Crippen LogP contribution < -0.4 is 0 Å². The molecule has 0 bridgehead atoms. The first-order chi connectivity index (χ1) is 9.70. The third-order valence-corrected chi connectivity index (χ3v) is 3.14. The molecule has 0 aliphatic rings. The van der Waals surface area contributed by atoms with E-state index in [2.05, 4.69) is 25.3 Å². The lowest BCUT2D eigenvalue weighted by atomic mass is 10.1. The van der Waals surface area contributed by atoms with Gasteiger partial charge >= 0.3 is 11.9 Å². The van der Waals surface area contributed by atoms with Crippen LogP contribution in [0, 0.1) is 0 Å². The molecule has 0 N–H and O–H groups in total. The molecule has 0 unspecified atom stereocenters. The van der Waals surface area contributed by atoms with E-state index in [0.29, 0.717) is 37.6 Å². The van der Waals surface area contributed by atoms with E-state index in [1.54, 1.807) is 0 Å². The molecular weight excluding hydrogens is 296 g/mol. The van der Waals surface area contributed by atoms with Gasteiger partial charge in [0.05, 0.1) is 26.1 Å². The van der Waals surface area contributed by atoms with Crippen LogP contribution in [0.1, 0.15) is 51.4 Å². The number of unbranched alkanes of at least 4 members (excludes halogenated alkanes) is 5. The highest BCUT2D eigenvalue weighted by Gasteiger charge is 2.01. The molecule has 0 atom stereocenters. The highest BCUT2D eigenvalue weighted by molar-refractivity contribution is 7.80. The maximum absolute atomic E-state index is 11.0. The quantitative estimate of drug-likeness (QED) is 0.311. The van der Waals surface area contributed by atoms with Gasteiger partial charge in [-0.05, 0) is 12.8 Å². The Morgan fingerprint density at radius 1 is 0.650 bits per heavy atom. The van der Waals surface area contributed by atoms with Crippen molar-refractivity contribution in [3.63, 3.8) is 0 Å². The molecular formula is C14H26O4S2. The van der Waals surface area contributed by atoms with Crippen LogP contribution >= 0.6 is 25.3 Å². The number of thiol groups is 2. The molecule has 0 saturated carbocycles. The Morgan fingerprint density at radius 3 is 1.35 bits per heavy atom. The van der Waals surface area contributed by atoms with E-state index < -0.39 is 0 Å². The maximum atomic E-state index is 11.0. The summed E-state index contributed by atoms with van der Waals surface area (Å²) in [6.07, 6.45) is 6.96. The predicted molar refractivity (Wildman–Crippen MR) is 86.6 cm³/mol. The molecule has 0 aromatic carbocycles. The van der Waals surface area contributed by atoms with Crippen molar-refractivity contribution in [1.29, 1.82) is 0 Å². The van der Waals surface area contributed by atoms with Gasteiger partial charge in [-0.2, -0.15) is 25.3 Å². The SMILES string of the molecule is O=C(CCS)OCCCCCCCCOC(=O)CCS. The highest BCUT2D eigenvalue weighted by atomic mass is 32.1. The van der Waals surface area contributed by atoms with E-state index in [1.165, 1.54) is 0 Å². The van der Waals surface area contributed by atoms with E-state index in [9.17, 15) is 9.59 Å². The molecule has 0 heterocycles. The minimum atomic E-state index is -0.164. The maximum Gasteiger partial charge on any atom is 0.306 e. The minimum Gasteiger partial charge on any atom is -0.466 e. The average Bonchev–Trinajstić information content (AvgIpc) is 2.41. The standard InChI is InChI=1S/C14H26O4S2/c15-13(7-11-19)17-9-5-3-1-2-4-6-10-18-14(16)8-12-20/h19-20H,1-12H2. The molecule has 0 fully saturated rings. The molecule has 0 aliphatic heterocycles. The number of hydrogen-bond acceptors (Lipinski definition) is 6. The fraction of sp³-hybridized carbons (Fsp3) is 0.857. The summed E-state index contributed by atoms with van der Waals surface area (Å²) in [5, 5.41) is 0. The molecule has 20 heavy (non-hydrogen) atoms. The van der Waals surface area contributed by atoms with Crippen molar-refractivity contribution < 1.29 is 19.1 Å². The van der Waals surface area contributed by atoms with Crippen LogP contribution in [0.3, 0.4) is 0 Å². The van der Waals surface area contributed by atoms with Gasteiger partial charge in [-0.1, -0.05) is 25.7 Å². The molecule has 0 amide bonds. The summed E-state index contributed by atoms with van der Waals surface area (Å²) in [6.45, 7) is 1.02. The van der Waals surface area contributed by atoms with Gasteiger partial charge in [0.15, 0.2) is 0 Å². The molecule has 0 rings (SSSR count). The number of hydrogen-bond donors (Lipinski definition) is 2. The van der Waals surface area contributed by atoms with Crippen molar-refractivity contribution in [1.82, 2.24) is 0 Å². The van der Waals surface area contributed by atoms with Crippen LogP contribution in [-0.2, 0) is 19.1 Å². The monoisotopic (exact) mass is 322 g/mol. The summed E-state index contributed by atoms with van der Waals surface area (Å²) >= 11 is 7.93. The highest BCUT2D eigenvalue weighted by Crippen LogP contribution is 2.06. The van der Waals surface area contributed by atoms with Gasteiger partial charge in [0.25, 0.3) is 0 Å². The van der Waals surface area contributed by atoms with Crippen molar-refractivity contribution in [2.75, 3.05) is 24.7 Å². The first-order valence-corrected chi connectivity index (χ1v) is 8.50. The molecule has 6 heteroatoms. The van der Waals surface area contributed by atoms with Crippen molar-refractivity contribution >= 4 is 37.2 Å². The number of esters is 2. The van der Waals surface area contributed by atoms with Gasteiger partial charge in [-0.25, -0.2) is 0 Å². The zero-order valence-electron chi connectivity index (χ0n) is 12.0. The van der Waals surface area contributed by atoms with Gasteiger partial charge in [0, 0.05) is 11.5 Å². The summed E-state index contributed by atoms with van der Waals surface area (Å²) in [5.41, 5.74) is 0. The molecule has 118 valence electrons. The summed E-state index contributed by atoms with van der Waals surface area (Å²) in [6, 6.07) is 0. The summed E-state index contributed by atoms with van der Waals surface area (Å²) < 4.78 is 10.1. The first-order valence-electron chi connectivity index (χ1n) is 7.23. The largest absolute Gasteiger partial charge is 0.466 e. The zero-order chi connectivity index (χ0) is 15.1. The average molecular weight is 322 g/mol. The Labute approximate surface area is 132 Å². The Balaban J connectivity index is 3.13. The molecule has 0 aliphatic carbocycles. The third kappa shape index (κ3) is 14.1. The number of rotatable bonds is 13. The minimum absolute atomic E-state index is 0.164. The van der Waals surface area contributed by atoms with Crippen molar-refractivity contribution in [3.05, 3.63) is 0 Å². The fourth-order valence-electron chi connectivity index (χ4n) is 1.61. The molecule has 0 aromatic rings. The Bertz CT molecular complexity index is 234. The Kier molecular flexibility index (Phi) is 14.8. The summed E-state index contributed by atoms with van der Waals surface area (Å²) in [7, 11) is 0. The molecule has 0 aromatic heterocycles. The smallest absolute Gasteiger partial charge is 0.306 e. The lowest BCUT2D eigenvalue weighted by Crippen LogP contribution is -2.06. The van der Waals surface area contributed by atoms with Crippen molar-refractivity contribution in [2.45, 2.75) is 51.4 Å². The van der Waals surface area contributed by atoms with Crippen LogP contribution in [0.15, 0.2) is 0 Å². The molecule has 4 nitrogen and oxygen atoms in total. The van der Waals surface area contributed by atoms with E-state index in [4.69, 9.17) is 9.47 Å². The number of carbonyl (C=O) groups is 2. The van der Waals surface area contributed by atoms with Crippen LogP contribution in [0.25, 0.3) is 0 Å². The van der Waals surface area contributed by atoms with Crippen LogP contribution in [0.2, 0.25) is 0 Å². The lowest BCUT2D eigenvalue weighted by molar-refractivity contribution is -0.144. The predicted octanol–water partition coefficient (Wildman–Crippen LogP) is 3.05. The second-order valence-corrected chi connectivity index (χ2v) is 5.40.